The quantitative estimate of drug-likeness (QED) is 0.362. The van der Waals surface area contributed by atoms with E-state index in [1.165, 1.54) is 0 Å². The van der Waals surface area contributed by atoms with Crippen molar-refractivity contribution < 1.29 is 9.47 Å². The topological polar surface area (TPSA) is 42.8 Å². The Morgan fingerprint density at radius 2 is 1.86 bits per heavy atom. The maximum Gasteiger partial charge on any atom is 0.161 e. The van der Waals surface area contributed by atoms with E-state index < -0.39 is 0 Å². The number of ether oxygens (including phenoxy) is 2. The second-order valence-corrected chi connectivity index (χ2v) is 7.01. The highest BCUT2D eigenvalue weighted by Gasteiger charge is 2.06. The number of rotatable bonds is 7. The molecule has 6 heteroatoms. The summed E-state index contributed by atoms with van der Waals surface area (Å²) >= 11 is 12.1. The van der Waals surface area contributed by atoms with Gasteiger partial charge in [-0.1, -0.05) is 41.4 Å². The van der Waals surface area contributed by atoms with Crippen LogP contribution in [0, 0.1) is 6.92 Å². The third-order valence-corrected chi connectivity index (χ3v) is 4.69. The average molecular weight is 415 g/mol. The van der Waals surface area contributed by atoms with E-state index >= 15 is 0 Å². The van der Waals surface area contributed by atoms with E-state index in [-0.39, 0.29) is 0 Å². The van der Waals surface area contributed by atoms with Gasteiger partial charge < -0.3 is 9.47 Å². The lowest BCUT2D eigenvalue weighted by atomic mass is 10.2. The fourth-order valence-corrected chi connectivity index (χ4v) is 2.91. The molecule has 0 heterocycles. The van der Waals surface area contributed by atoms with Crippen molar-refractivity contribution in [1.82, 2.24) is 0 Å². The SMILES string of the molecule is COc1cc(/C=N/Nc2ccc(C)c(Cl)c2)ccc1OCc1cccc(Cl)c1. The molecular formula is C22H20Cl2N2O2. The molecule has 3 aromatic rings. The standard InChI is InChI=1S/C22H20Cl2N2O2/c1-15-6-8-19(12-20(15)24)26-25-13-16-7-9-21(22(11-16)27-2)28-14-17-4-3-5-18(23)10-17/h3-13,26H,14H2,1-2H3/b25-13+. The largest absolute Gasteiger partial charge is 0.493 e. The molecule has 1 N–H and O–H groups in total. The first kappa shape index (κ1) is 20.1. The zero-order valence-electron chi connectivity index (χ0n) is 15.6. The lowest BCUT2D eigenvalue weighted by Crippen LogP contribution is -1.98. The Bertz CT molecular complexity index is 990. The Morgan fingerprint density at radius 3 is 2.61 bits per heavy atom. The number of hydrogen-bond acceptors (Lipinski definition) is 4. The third-order valence-electron chi connectivity index (χ3n) is 4.05. The second-order valence-electron chi connectivity index (χ2n) is 6.16. The Morgan fingerprint density at radius 1 is 1.00 bits per heavy atom. The van der Waals surface area contributed by atoms with Gasteiger partial charge in [0, 0.05) is 10.0 Å². The van der Waals surface area contributed by atoms with Gasteiger partial charge in [-0.3, -0.25) is 5.43 Å². The van der Waals surface area contributed by atoms with Crippen molar-refractivity contribution in [3.8, 4) is 11.5 Å². The number of aryl methyl sites for hydroxylation is 1. The molecule has 144 valence electrons. The van der Waals surface area contributed by atoms with Crippen LogP contribution in [0.2, 0.25) is 10.0 Å². The Labute approximate surface area is 174 Å². The number of nitrogens with zero attached hydrogens (tertiary/aromatic N) is 1. The highest BCUT2D eigenvalue weighted by Crippen LogP contribution is 2.28. The van der Waals surface area contributed by atoms with Crippen LogP contribution in [-0.2, 0) is 6.61 Å². The number of halogens is 2. The number of methoxy groups -OCH3 is 1. The van der Waals surface area contributed by atoms with Gasteiger partial charge in [0.05, 0.1) is 19.0 Å². The summed E-state index contributed by atoms with van der Waals surface area (Å²) in [5.41, 5.74) is 6.67. The summed E-state index contributed by atoms with van der Waals surface area (Å²) in [5.74, 6) is 1.28. The van der Waals surface area contributed by atoms with Gasteiger partial charge in [0.15, 0.2) is 11.5 Å². The first-order valence-electron chi connectivity index (χ1n) is 8.65. The second kappa shape index (κ2) is 9.49. The Kier molecular flexibility index (Phi) is 6.80. The van der Waals surface area contributed by atoms with Crippen molar-refractivity contribution in [1.29, 1.82) is 0 Å². The molecular weight excluding hydrogens is 395 g/mol. The number of nitrogens with one attached hydrogen (secondary N) is 1. The molecule has 0 unspecified atom stereocenters. The van der Waals surface area contributed by atoms with Crippen LogP contribution in [0.25, 0.3) is 0 Å². The van der Waals surface area contributed by atoms with E-state index in [1.807, 2.05) is 67.6 Å². The summed E-state index contributed by atoms with van der Waals surface area (Å²) in [7, 11) is 1.61. The molecule has 0 radical (unpaired) electrons. The van der Waals surface area contributed by atoms with Crippen LogP contribution >= 0.6 is 23.2 Å². The van der Waals surface area contributed by atoms with Crippen molar-refractivity contribution in [3.05, 3.63) is 87.4 Å². The van der Waals surface area contributed by atoms with Gasteiger partial charge in [0.25, 0.3) is 0 Å². The van der Waals surface area contributed by atoms with Crippen molar-refractivity contribution >= 4 is 35.1 Å². The number of anilines is 1. The van der Waals surface area contributed by atoms with Crippen molar-refractivity contribution in [2.75, 3.05) is 12.5 Å². The maximum absolute atomic E-state index is 6.12. The smallest absolute Gasteiger partial charge is 0.161 e. The molecule has 0 bridgehead atoms. The van der Waals surface area contributed by atoms with Crippen LogP contribution in [0.1, 0.15) is 16.7 Å². The van der Waals surface area contributed by atoms with Gasteiger partial charge in [0.2, 0.25) is 0 Å². The maximum atomic E-state index is 6.12. The van der Waals surface area contributed by atoms with E-state index in [9.17, 15) is 0 Å². The summed E-state index contributed by atoms with van der Waals surface area (Å²) in [6.07, 6.45) is 1.71. The molecule has 0 aliphatic rings. The average Bonchev–Trinajstić information content (AvgIpc) is 2.69. The lowest BCUT2D eigenvalue weighted by Gasteiger charge is -2.11. The van der Waals surface area contributed by atoms with Crippen molar-refractivity contribution in [2.45, 2.75) is 13.5 Å². The first-order chi connectivity index (χ1) is 13.5. The van der Waals surface area contributed by atoms with Crippen molar-refractivity contribution in [3.63, 3.8) is 0 Å². The molecule has 0 aromatic heterocycles. The van der Waals surface area contributed by atoms with Crippen LogP contribution in [-0.4, -0.2) is 13.3 Å². The fourth-order valence-electron chi connectivity index (χ4n) is 2.52. The highest BCUT2D eigenvalue weighted by molar-refractivity contribution is 6.31. The van der Waals surface area contributed by atoms with E-state index in [1.54, 1.807) is 13.3 Å². The molecule has 0 atom stereocenters. The summed E-state index contributed by atoms with van der Waals surface area (Å²) in [4.78, 5) is 0. The van der Waals surface area contributed by atoms with Gasteiger partial charge in [-0.2, -0.15) is 5.10 Å². The zero-order valence-corrected chi connectivity index (χ0v) is 17.1. The van der Waals surface area contributed by atoms with Crippen molar-refractivity contribution in [2.24, 2.45) is 5.10 Å². The van der Waals surface area contributed by atoms with Gasteiger partial charge in [-0.25, -0.2) is 0 Å². The lowest BCUT2D eigenvalue weighted by molar-refractivity contribution is 0.284. The van der Waals surface area contributed by atoms with Gasteiger partial charge in [-0.15, -0.1) is 0 Å². The summed E-state index contributed by atoms with van der Waals surface area (Å²) in [5, 5.41) is 5.63. The molecule has 0 aliphatic heterocycles. The Balaban J connectivity index is 1.65. The fraction of sp³-hybridized carbons (Fsp3) is 0.136. The Hall–Kier alpha value is -2.69. The highest BCUT2D eigenvalue weighted by atomic mass is 35.5. The monoisotopic (exact) mass is 414 g/mol. The van der Waals surface area contributed by atoms with Gasteiger partial charge >= 0.3 is 0 Å². The van der Waals surface area contributed by atoms with Gasteiger partial charge in [-0.05, 0) is 66.1 Å². The number of hydrogen-bond donors (Lipinski definition) is 1. The normalized spacial score (nSPS) is 10.9. The van der Waals surface area contributed by atoms with Crippen LogP contribution < -0.4 is 14.9 Å². The molecule has 4 nitrogen and oxygen atoms in total. The molecule has 0 saturated heterocycles. The predicted octanol–water partition coefficient (Wildman–Crippen LogP) is 6.34. The van der Waals surface area contributed by atoms with E-state index in [0.717, 1.165) is 22.4 Å². The molecule has 28 heavy (non-hydrogen) atoms. The van der Waals surface area contributed by atoms with Crippen LogP contribution in [0.15, 0.2) is 65.8 Å². The first-order valence-corrected chi connectivity index (χ1v) is 9.41. The zero-order chi connectivity index (χ0) is 19.9. The summed E-state index contributed by atoms with van der Waals surface area (Å²) in [6.45, 7) is 2.36. The van der Waals surface area contributed by atoms with E-state index in [2.05, 4.69) is 10.5 Å². The molecule has 3 aromatic carbocycles. The molecule has 0 saturated carbocycles. The van der Waals surface area contributed by atoms with E-state index in [4.69, 9.17) is 32.7 Å². The number of hydrazone groups is 1. The molecule has 0 fully saturated rings. The molecule has 3 rings (SSSR count). The number of benzene rings is 3. The molecule has 0 spiro atoms. The third kappa shape index (κ3) is 5.41. The van der Waals surface area contributed by atoms with Crippen LogP contribution in [0.4, 0.5) is 5.69 Å². The molecule has 0 amide bonds. The van der Waals surface area contributed by atoms with Crippen LogP contribution in [0.3, 0.4) is 0 Å². The van der Waals surface area contributed by atoms with Gasteiger partial charge in [0.1, 0.15) is 6.61 Å². The minimum atomic E-state index is 0.403. The molecule has 0 aliphatic carbocycles. The van der Waals surface area contributed by atoms with Crippen LogP contribution in [0.5, 0.6) is 11.5 Å². The summed E-state index contributed by atoms with van der Waals surface area (Å²) < 4.78 is 11.3. The minimum absolute atomic E-state index is 0.403. The minimum Gasteiger partial charge on any atom is -0.493 e. The summed E-state index contributed by atoms with van der Waals surface area (Å²) in [6, 6.07) is 18.9. The van der Waals surface area contributed by atoms with E-state index in [0.29, 0.717) is 28.2 Å². The predicted molar refractivity (Wildman–Crippen MR) is 116 cm³/mol.